The van der Waals surface area contributed by atoms with Crippen molar-refractivity contribution in [1.29, 1.82) is 0 Å². The Kier molecular flexibility index (Phi) is 6.76. The summed E-state index contributed by atoms with van der Waals surface area (Å²) in [6, 6.07) is 6.37. The highest BCUT2D eigenvalue weighted by Crippen LogP contribution is 2.37. The van der Waals surface area contributed by atoms with E-state index in [4.69, 9.17) is 0 Å². The molecule has 0 spiro atoms. The number of benzene rings is 1. The topological polar surface area (TPSA) is 45.1 Å². The van der Waals surface area contributed by atoms with E-state index in [-0.39, 0.29) is 23.0 Å². The van der Waals surface area contributed by atoms with E-state index in [1.54, 1.807) is 23.9 Å². The van der Waals surface area contributed by atoms with Crippen LogP contribution in [0.3, 0.4) is 0 Å². The molecular weight excluding hydrogens is 365 g/mol. The summed E-state index contributed by atoms with van der Waals surface area (Å²) in [4.78, 5) is 30.0. The second-order valence-corrected chi connectivity index (χ2v) is 8.92. The van der Waals surface area contributed by atoms with Crippen molar-refractivity contribution in [1.82, 2.24) is 9.80 Å². The van der Waals surface area contributed by atoms with E-state index >= 15 is 0 Å². The van der Waals surface area contributed by atoms with Gasteiger partial charge in [0.05, 0.1) is 7.05 Å². The molecule has 7 heteroatoms. The maximum Gasteiger partial charge on any atom is 0.278 e. The Balaban J connectivity index is 1.52. The van der Waals surface area contributed by atoms with Crippen LogP contribution in [0.2, 0.25) is 0 Å². The molecule has 0 radical (unpaired) electrons. The highest BCUT2D eigenvalue weighted by molar-refractivity contribution is 7.99. The van der Waals surface area contributed by atoms with Gasteiger partial charge in [0, 0.05) is 25.4 Å². The molecular formula is C20H29FN3O2S+. The second kappa shape index (κ2) is 9.06. The summed E-state index contributed by atoms with van der Waals surface area (Å²) in [6.45, 7) is 5.23. The number of rotatable bonds is 5. The van der Waals surface area contributed by atoms with Crippen LogP contribution in [-0.2, 0) is 9.59 Å². The third-order valence-corrected chi connectivity index (χ3v) is 6.67. The smallest absolute Gasteiger partial charge is 0.278 e. The van der Waals surface area contributed by atoms with Gasteiger partial charge in [-0.05, 0) is 36.5 Å². The van der Waals surface area contributed by atoms with Crippen LogP contribution in [0, 0.1) is 11.7 Å². The van der Waals surface area contributed by atoms with Gasteiger partial charge in [0.15, 0.2) is 13.1 Å². The molecule has 1 unspecified atom stereocenters. The van der Waals surface area contributed by atoms with Crippen molar-refractivity contribution in [3.63, 3.8) is 0 Å². The standard InChI is InChI=1S/C20H28FN3O2S/c1-15-7-9-23(10-8-15)18(25)13-22(2)14-19(26)24-11-12-27-20(24)16-3-5-17(21)6-4-16/h3-6,15,20H,7-14H2,1-2H3/p+1/t20-/m0/s1. The maximum atomic E-state index is 13.2. The average molecular weight is 395 g/mol. The second-order valence-electron chi connectivity index (χ2n) is 7.74. The number of piperidine rings is 1. The molecule has 1 N–H and O–H groups in total. The molecule has 5 nitrogen and oxygen atoms in total. The van der Waals surface area contributed by atoms with Gasteiger partial charge in [0.25, 0.3) is 11.8 Å². The molecule has 2 aliphatic heterocycles. The Hall–Kier alpha value is -1.60. The van der Waals surface area contributed by atoms with Crippen molar-refractivity contribution in [3.05, 3.63) is 35.6 Å². The fourth-order valence-corrected chi connectivity index (χ4v) is 4.96. The average Bonchev–Trinajstić information content (AvgIpc) is 3.12. The van der Waals surface area contributed by atoms with Crippen molar-refractivity contribution in [2.24, 2.45) is 5.92 Å². The number of carbonyl (C=O) groups is 2. The largest absolute Gasteiger partial charge is 0.338 e. The molecule has 2 saturated heterocycles. The summed E-state index contributed by atoms with van der Waals surface area (Å²) in [5, 5.41) is -0.0646. The van der Waals surface area contributed by atoms with Crippen molar-refractivity contribution in [2.45, 2.75) is 25.1 Å². The predicted octanol–water partition coefficient (Wildman–Crippen LogP) is 1.17. The molecule has 3 rings (SSSR count). The van der Waals surface area contributed by atoms with Crippen LogP contribution in [0.1, 0.15) is 30.7 Å². The van der Waals surface area contributed by atoms with Crippen molar-refractivity contribution in [3.8, 4) is 0 Å². The summed E-state index contributed by atoms with van der Waals surface area (Å²) < 4.78 is 13.2. The van der Waals surface area contributed by atoms with Gasteiger partial charge in [-0.15, -0.1) is 11.8 Å². The third kappa shape index (κ3) is 5.23. The van der Waals surface area contributed by atoms with E-state index in [0.717, 1.165) is 42.1 Å². The summed E-state index contributed by atoms with van der Waals surface area (Å²) >= 11 is 1.70. The Labute approximate surface area is 164 Å². The van der Waals surface area contributed by atoms with Crippen LogP contribution in [0.5, 0.6) is 0 Å². The molecule has 2 aliphatic rings. The number of likely N-dealkylation sites (N-methyl/N-ethyl adjacent to an activating group) is 1. The molecule has 2 fully saturated rings. The van der Waals surface area contributed by atoms with Gasteiger partial charge < -0.3 is 14.7 Å². The van der Waals surface area contributed by atoms with Gasteiger partial charge in [-0.3, -0.25) is 9.59 Å². The first-order chi connectivity index (χ1) is 12.9. The molecule has 0 aliphatic carbocycles. The molecule has 2 heterocycles. The first-order valence-corrected chi connectivity index (χ1v) is 10.7. The zero-order valence-corrected chi connectivity index (χ0v) is 16.9. The number of likely N-dealkylation sites (tertiary alicyclic amines) is 1. The van der Waals surface area contributed by atoms with E-state index in [9.17, 15) is 14.0 Å². The molecule has 2 amide bonds. The lowest BCUT2D eigenvalue weighted by molar-refractivity contribution is -0.863. The molecule has 0 bridgehead atoms. The number of thioether (sulfide) groups is 1. The normalized spacial score (nSPS) is 22.1. The summed E-state index contributed by atoms with van der Waals surface area (Å²) in [5.74, 6) is 1.48. The first-order valence-electron chi connectivity index (χ1n) is 9.69. The number of hydrogen-bond acceptors (Lipinski definition) is 3. The van der Waals surface area contributed by atoms with Crippen molar-refractivity contribution < 1.29 is 18.9 Å². The summed E-state index contributed by atoms with van der Waals surface area (Å²) in [5.41, 5.74) is 0.948. The van der Waals surface area contributed by atoms with E-state index in [1.807, 2.05) is 16.8 Å². The minimum absolute atomic E-state index is 0.0480. The number of hydrogen-bond donors (Lipinski definition) is 1. The fraction of sp³-hybridized carbons (Fsp3) is 0.600. The van der Waals surface area contributed by atoms with Crippen LogP contribution >= 0.6 is 11.8 Å². The quantitative estimate of drug-likeness (QED) is 0.816. The third-order valence-electron chi connectivity index (χ3n) is 5.41. The van der Waals surface area contributed by atoms with Crippen LogP contribution in [0.4, 0.5) is 4.39 Å². The van der Waals surface area contributed by atoms with Gasteiger partial charge >= 0.3 is 0 Å². The van der Waals surface area contributed by atoms with Crippen LogP contribution in [-0.4, -0.2) is 67.1 Å². The van der Waals surface area contributed by atoms with E-state index in [0.29, 0.717) is 25.6 Å². The van der Waals surface area contributed by atoms with Gasteiger partial charge in [0.1, 0.15) is 11.2 Å². The molecule has 2 atom stereocenters. The monoisotopic (exact) mass is 394 g/mol. The minimum Gasteiger partial charge on any atom is -0.338 e. The van der Waals surface area contributed by atoms with E-state index in [1.165, 1.54) is 12.1 Å². The zero-order valence-electron chi connectivity index (χ0n) is 16.1. The molecule has 0 aromatic heterocycles. The lowest BCUT2D eigenvalue weighted by Gasteiger charge is -2.31. The molecule has 27 heavy (non-hydrogen) atoms. The first kappa shape index (κ1) is 20.1. The minimum atomic E-state index is -0.269. The number of halogens is 1. The van der Waals surface area contributed by atoms with Gasteiger partial charge in [-0.2, -0.15) is 0 Å². The Bertz CT molecular complexity index is 662. The zero-order chi connectivity index (χ0) is 19.4. The highest BCUT2D eigenvalue weighted by atomic mass is 32.2. The van der Waals surface area contributed by atoms with Gasteiger partial charge in [-0.25, -0.2) is 4.39 Å². The fourth-order valence-electron chi connectivity index (χ4n) is 3.68. The maximum absolute atomic E-state index is 13.2. The van der Waals surface area contributed by atoms with Gasteiger partial charge in [-0.1, -0.05) is 19.1 Å². The van der Waals surface area contributed by atoms with E-state index < -0.39 is 0 Å². The summed E-state index contributed by atoms with van der Waals surface area (Å²) in [7, 11) is 1.90. The Morgan fingerprint density at radius 2 is 1.74 bits per heavy atom. The van der Waals surface area contributed by atoms with Gasteiger partial charge in [0.2, 0.25) is 0 Å². The molecule has 1 aromatic rings. The van der Waals surface area contributed by atoms with Crippen molar-refractivity contribution >= 4 is 23.6 Å². The lowest BCUT2D eigenvalue weighted by Crippen LogP contribution is -3.11. The lowest BCUT2D eigenvalue weighted by atomic mass is 9.99. The molecule has 0 saturated carbocycles. The number of amides is 2. The van der Waals surface area contributed by atoms with Crippen molar-refractivity contribution in [2.75, 3.05) is 45.5 Å². The number of quaternary nitrogens is 1. The Morgan fingerprint density at radius 1 is 1.11 bits per heavy atom. The number of carbonyl (C=O) groups excluding carboxylic acids is 2. The van der Waals surface area contributed by atoms with Crippen LogP contribution < -0.4 is 4.90 Å². The van der Waals surface area contributed by atoms with Crippen LogP contribution in [0.25, 0.3) is 0 Å². The SMILES string of the molecule is CC1CCN(C(=O)C[NH+](C)CC(=O)N2CCS[C@H]2c2ccc(F)cc2)CC1. The predicted molar refractivity (Wildman–Crippen MR) is 105 cm³/mol. The van der Waals surface area contributed by atoms with E-state index in [2.05, 4.69) is 6.92 Å². The number of nitrogens with zero attached hydrogens (tertiary/aromatic N) is 2. The molecule has 1 aromatic carbocycles. The Morgan fingerprint density at radius 3 is 2.41 bits per heavy atom. The highest BCUT2D eigenvalue weighted by Gasteiger charge is 2.32. The van der Waals surface area contributed by atoms with Crippen LogP contribution in [0.15, 0.2) is 24.3 Å². The summed E-state index contributed by atoms with van der Waals surface area (Å²) in [6.07, 6.45) is 2.13. The number of nitrogens with one attached hydrogen (secondary N) is 1. The molecule has 148 valence electrons.